The Balaban J connectivity index is 1.72. The van der Waals surface area contributed by atoms with Gasteiger partial charge in [-0.25, -0.2) is 26.9 Å². The van der Waals surface area contributed by atoms with Gasteiger partial charge in [0, 0.05) is 0 Å². The quantitative estimate of drug-likeness (QED) is 0.0639. The Morgan fingerprint density at radius 3 is 1.12 bits per heavy atom. The molecule has 36 heteroatoms. The zero-order valence-corrected chi connectivity index (χ0v) is 31.4. The minimum absolute atomic E-state index is 1.11. The van der Waals surface area contributed by atoms with Crippen LogP contribution in [0.1, 0.15) is 0 Å². The number of hydrogen-bond acceptors (Lipinski definition) is 27. The fourth-order valence-electron chi connectivity index (χ4n) is 6.18. The average molecular weight is 949 g/mol. The van der Waals surface area contributed by atoms with Crippen molar-refractivity contribution < 1.29 is 155 Å². The van der Waals surface area contributed by atoms with Crippen molar-refractivity contribution in [3.8, 4) is 0 Å². The Morgan fingerprint density at radius 2 is 0.767 bits per heavy atom. The van der Waals surface area contributed by atoms with E-state index in [2.05, 4.69) is 12.5 Å². The number of carbonyl (C=O) groups is 3. The van der Waals surface area contributed by atoms with Crippen molar-refractivity contribution >= 4 is 49.1 Å². The van der Waals surface area contributed by atoms with Gasteiger partial charge in [-0.1, -0.05) is 0 Å². The Labute approximate surface area is 333 Å². The molecular weight excluding hydrogens is 912 g/mol. The second-order valence-corrected chi connectivity index (χ2v) is 15.9. The number of aliphatic hydroxyl groups is 8. The zero-order valence-electron chi connectivity index (χ0n) is 29.0. The summed E-state index contributed by atoms with van der Waals surface area (Å²) in [6, 6.07) is 0. The first kappa shape index (κ1) is 50.1. The summed E-state index contributed by atoms with van der Waals surface area (Å²) in [4.78, 5) is 36.7. The van der Waals surface area contributed by atoms with Crippen LogP contribution in [0.2, 0.25) is 0 Å². The molecule has 0 bridgehead atoms. The molecule has 0 aliphatic carbocycles. The number of aliphatic hydroxyl groups excluding tert-OH is 8. The fraction of sp³-hybridized carbons (Fsp3) is 0.875. The van der Waals surface area contributed by atoms with Gasteiger partial charge in [0.1, 0.15) is 79.4 Å². The van der Waals surface area contributed by atoms with E-state index in [4.69, 9.17) is 37.7 Å². The topological polar surface area (TPSA) is 529 Å². The molecule has 4 heterocycles. The monoisotopic (exact) mass is 948 g/mol. The molecule has 4 fully saturated rings. The third kappa shape index (κ3) is 11.7. The standard InChI is InChI=1S/C24H36O33S3/c25-1-2-9(3(26)4(27)21(38)48-2)49-23-7(30)11(56-59(42,43)44)15(16(53-23)19(34)35)52-24-8(31)12(57-60(45,46)47)14(17(54-24)20(36)37)51-22-6(29)10(55-58(39,40)41)5(28)13(50-22)18(32)33/h2-17,21-31,38H,1H2,(H,32,33)(H,34,35)(H,36,37)(H,39,40,41)(H,42,43,44)(H,45,46,47)/t2-,3-,4-,5?,6-,7-,8-,9-,10+,11-,12-,13+,14+,15+,16+,17+,21-,22+,23-,24-/m1/s1. The highest BCUT2D eigenvalue weighted by Crippen LogP contribution is 2.37. The lowest BCUT2D eigenvalue weighted by Crippen LogP contribution is -2.69. The first-order valence-corrected chi connectivity index (χ1v) is 20.2. The number of carboxylic acid groups (broad SMARTS) is 3. The van der Waals surface area contributed by atoms with Crippen LogP contribution in [0.25, 0.3) is 0 Å². The molecule has 33 nitrogen and oxygen atoms in total. The number of carboxylic acids is 3. The smallest absolute Gasteiger partial charge is 0.397 e. The van der Waals surface area contributed by atoms with Gasteiger partial charge in [0.15, 0.2) is 43.5 Å². The lowest BCUT2D eigenvalue weighted by molar-refractivity contribution is -0.376. The Kier molecular flexibility index (Phi) is 15.9. The van der Waals surface area contributed by atoms with E-state index >= 15 is 0 Å². The molecule has 0 aromatic carbocycles. The molecule has 0 aromatic heterocycles. The number of ether oxygens (including phenoxy) is 7. The second-order valence-electron chi connectivity index (χ2n) is 12.7. The summed E-state index contributed by atoms with van der Waals surface area (Å²) in [6.07, 6.45) is -52.6. The van der Waals surface area contributed by atoms with E-state index in [0.29, 0.717) is 0 Å². The molecule has 348 valence electrons. The maximum absolute atomic E-state index is 12.5. The van der Waals surface area contributed by atoms with Gasteiger partial charge in [-0.15, -0.1) is 0 Å². The van der Waals surface area contributed by atoms with Crippen LogP contribution in [0.15, 0.2) is 0 Å². The van der Waals surface area contributed by atoms with Gasteiger partial charge in [-0.2, -0.15) is 25.3 Å². The summed E-state index contributed by atoms with van der Waals surface area (Å²) in [5.41, 5.74) is 0. The molecule has 0 aromatic rings. The minimum atomic E-state index is -5.94. The van der Waals surface area contributed by atoms with Crippen LogP contribution < -0.4 is 0 Å². The van der Waals surface area contributed by atoms with E-state index < -0.39 is 179 Å². The normalized spacial score (nSPS) is 43.2. The van der Waals surface area contributed by atoms with Crippen molar-refractivity contribution in [1.82, 2.24) is 0 Å². The van der Waals surface area contributed by atoms with Crippen LogP contribution in [0.5, 0.6) is 0 Å². The summed E-state index contributed by atoms with van der Waals surface area (Å²) in [6.45, 7) is -1.11. The van der Waals surface area contributed by atoms with E-state index in [-0.39, 0.29) is 0 Å². The Bertz CT molecular complexity index is 1870. The van der Waals surface area contributed by atoms with Crippen LogP contribution in [-0.4, -0.2) is 242 Å². The van der Waals surface area contributed by atoms with E-state index in [1.165, 1.54) is 0 Å². The third-order valence-electron chi connectivity index (χ3n) is 8.72. The van der Waals surface area contributed by atoms with Crippen LogP contribution in [0.4, 0.5) is 0 Å². The molecule has 0 amide bonds. The second kappa shape index (κ2) is 19.0. The van der Waals surface area contributed by atoms with Gasteiger partial charge in [0.25, 0.3) is 0 Å². The molecule has 0 spiro atoms. The highest BCUT2D eigenvalue weighted by molar-refractivity contribution is 7.81. The molecule has 1 unspecified atom stereocenters. The van der Waals surface area contributed by atoms with E-state index in [9.17, 15) is 105 Å². The molecule has 4 saturated heterocycles. The predicted octanol–water partition coefficient (Wildman–Crippen LogP) is -9.99. The molecule has 0 radical (unpaired) electrons. The lowest BCUT2D eigenvalue weighted by Gasteiger charge is -2.48. The lowest BCUT2D eigenvalue weighted by atomic mass is 9.95. The summed E-state index contributed by atoms with van der Waals surface area (Å²) in [5, 5.41) is 112. The van der Waals surface area contributed by atoms with Gasteiger partial charge in [-0.3, -0.25) is 13.7 Å². The highest BCUT2D eigenvalue weighted by atomic mass is 32.3. The van der Waals surface area contributed by atoms with Gasteiger partial charge >= 0.3 is 49.1 Å². The summed E-state index contributed by atoms with van der Waals surface area (Å²) in [7, 11) is -17.5. The van der Waals surface area contributed by atoms with E-state index in [0.717, 1.165) is 0 Å². The van der Waals surface area contributed by atoms with Crippen molar-refractivity contribution in [1.29, 1.82) is 0 Å². The van der Waals surface area contributed by atoms with Crippen molar-refractivity contribution in [2.24, 2.45) is 0 Å². The largest absolute Gasteiger partial charge is 0.479 e. The van der Waals surface area contributed by atoms with Crippen LogP contribution in [0, 0.1) is 0 Å². The molecule has 4 aliphatic heterocycles. The first-order valence-electron chi connectivity index (χ1n) is 16.1. The molecule has 4 aliphatic rings. The Morgan fingerprint density at radius 1 is 0.433 bits per heavy atom. The average Bonchev–Trinajstić information content (AvgIpc) is 3.10. The van der Waals surface area contributed by atoms with Crippen molar-refractivity contribution in [2.75, 3.05) is 6.61 Å². The van der Waals surface area contributed by atoms with Crippen LogP contribution >= 0.6 is 0 Å². The van der Waals surface area contributed by atoms with Gasteiger partial charge in [-0.05, 0) is 0 Å². The van der Waals surface area contributed by atoms with Gasteiger partial charge in [0.2, 0.25) is 0 Å². The third-order valence-corrected chi connectivity index (χ3v) is 10.1. The van der Waals surface area contributed by atoms with Gasteiger partial charge in [0.05, 0.1) is 6.61 Å². The molecule has 4 rings (SSSR count). The van der Waals surface area contributed by atoms with Crippen LogP contribution in [-0.2, 0) is 91.3 Å². The summed E-state index contributed by atoms with van der Waals surface area (Å²) < 4.78 is 147. The SMILES string of the molecule is O=C(O)[C@H]1O[C@@H](O[C@H]2[C@H](OS(=O)(=O)O)[C@@H](O)[C@H](O[C@H]3[C@H](OS(=O)(=O)O)[C@@H](O)[C@H](O[C@H]4[C@H](O)[C@@H](O)[C@H](O)O[C@@H]4CO)O[C@@H]3C(=O)O)O[C@@H]2C(=O)O)[C@H](O)[C@@H](OS(=O)(=O)O)C1O. The van der Waals surface area contributed by atoms with Crippen LogP contribution in [0.3, 0.4) is 0 Å². The molecule has 14 N–H and O–H groups in total. The molecule has 60 heavy (non-hydrogen) atoms. The number of hydrogen-bond donors (Lipinski definition) is 14. The number of rotatable bonds is 16. The number of aliphatic carboxylic acids is 3. The maximum Gasteiger partial charge on any atom is 0.397 e. The van der Waals surface area contributed by atoms with E-state index in [1.807, 2.05) is 0 Å². The molecule has 0 saturated carbocycles. The molecule has 20 atom stereocenters. The Hall–Kier alpha value is -2.58. The van der Waals surface area contributed by atoms with Crippen molar-refractivity contribution in [2.45, 2.75) is 123 Å². The summed E-state index contributed by atoms with van der Waals surface area (Å²) in [5.74, 6) is -6.73. The zero-order chi connectivity index (χ0) is 45.6. The molecular formula is C24H36O33S3. The summed E-state index contributed by atoms with van der Waals surface area (Å²) >= 11 is 0. The highest BCUT2D eigenvalue weighted by Gasteiger charge is 2.60. The predicted molar refractivity (Wildman–Crippen MR) is 167 cm³/mol. The fourth-order valence-corrected chi connectivity index (χ4v) is 7.69. The maximum atomic E-state index is 12.5. The minimum Gasteiger partial charge on any atom is -0.479 e. The van der Waals surface area contributed by atoms with Crippen molar-refractivity contribution in [3.63, 3.8) is 0 Å². The van der Waals surface area contributed by atoms with E-state index in [1.54, 1.807) is 0 Å². The first-order chi connectivity index (χ1) is 27.5. The van der Waals surface area contributed by atoms with Crippen molar-refractivity contribution in [3.05, 3.63) is 0 Å². The van der Waals surface area contributed by atoms with Gasteiger partial charge < -0.3 is 89.3 Å².